The highest BCUT2D eigenvalue weighted by atomic mass is 16.5. The van der Waals surface area contributed by atoms with Crippen molar-refractivity contribution in [2.45, 2.75) is 6.04 Å². The SMILES string of the molecule is N#C/C(=C/NC(c1ccccc1)c1ccccc1)C(=O)NCCN1CCOCC1. The van der Waals surface area contributed by atoms with Gasteiger partial charge in [0, 0.05) is 32.4 Å². The number of nitrogens with one attached hydrogen (secondary N) is 2. The van der Waals surface area contributed by atoms with Gasteiger partial charge in [0.25, 0.3) is 5.91 Å². The number of rotatable bonds is 8. The predicted octanol–water partition coefficient (Wildman–Crippen LogP) is 2.22. The molecule has 1 amide bonds. The number of benzene rings is 2. The van der Waals surface area contributed by atoms with Crippen molar-refractivity contribution in [1.29, 1.82) is 5.26 Å². The Kier molecular flexibility index (Phi) is 7.81. The molecule has 3 rings (SSSR count). The lowest BCUT2D eigenvalue weighted by Gasteiger charge is -2.26. The van der Waals surface area contributed by atoms with Crippen LogP contribution in [0.2, 0.25) is 0 Å². The van der Waals surface area contributed by atoms with Crippen LogP contribution in [0.1, 0.15) is 17.2 Å². The van der Waals surface area contributed by atoms with Crippen molar-refractivity contribution in [2.75, 3.05) is 39.4 Å². The Morgan fingerprint density at radius 3 is 2.21 bits per heavy atom. The Hall–Kier alpha value is -3.14. The van der Waals surface area contributed by atoms with E-state index in [0.717, 1.165) is 44.0 Å². The summed E-state index contributed by atoms with van der Waals surface area (Å²) in [4.78, 5) is 14.7. The summed E-state index contributed by atoms with van der Waals surface area (Å²) in [6, 6.07) is 21.7. The van der Waals surface area contributed by atoms with Crippen molar-refractivity contribution in [1.82, 2.24) is 15.5 Å². The Morgan fingerprint density at radius 1 is 1.07 bits per heavy atom. The summed E-state index contributed by atoms with van der Waals surface area (Å²) in [5, 5.41) is 15.5. The molecule has 1 fully saturated rings. The fourth-order valence-corrected chi connectivity index (χ4v) is 3.24. The molecule has 1 aliphatic rings. The number of hydrogen-bond acceptors (Lipinski definition) is 5. The second-order valence-electron chi connectivity index (χ2n) is 6.80. The molecule has 0 saturated carbocycles. The molecule has 1 saturated heterocycles. The lowest BCUT2D eigenvalue weighted by Crippen LogP contribution is -2.41. The van der Waals surface area contributed by atoms with Crippen LogP contribution in [-0.4, -0.2) is 50.2 Å². The maximum atomic E-state index is 12.4. The minimum atomic E-state index is -0.367. The van der Waals surface area contributed by atoms with Crippen LogP contribution < -0.4 is 10.6 Å². The molecule has 2 aromatic rings. The van der Waals surface area contributed by atoms with E-state index in [1.54, 1.807) is 0 Å². The normalized spacial score (nSPS) is 15.0. The molecule has 0 aromatic heterocycles. The number of carbonyl (C=O) groups excluding carboxylic acids is 1. The molecule has 150 valence electrons. The number of morpholine rings is 1. The molecule has 0 radical (unpaired) electrons. The number of hydrogen-bond donors (Lipinski definition) is 2. The highest BCUT2D eigenvalue weighted by molar-refractivity contribution is 5.97. The number of nitrogens with zero attached hydrogens (tertiary/aromatic N) is 2. The minimum Gasteiger partial charge on any atom is -0.379 e. The van der Waals surface area contributed by atoms with Crippen LogP contribution in [0, 0.1) is 11.3 Å². The summed E-state index contributed by atoms with van der Waals surface area (Å²) in [7, 11) is 0. The molecule has 0 aliphatic carbocycles. The van der Waals surface area contributed by atoms with Gasteiger partial charge in [0.05, 0.1) is 19.3 Å². The van der Waals surface area contributed by atoms with Crippen molar-refractivity contribution in [3.63, 3.8) is 0 Å². The van der Waals surface area contributed by atoms with E-state index >= 15 is 0 Å². The summed E-state index contributed by atoms with van der Waals surface area (Å²) in [5.41, 5.74) is 2.17. The minimum absolute atomic E-state index is 0.0591. The highest BCUT2D eigenvalue weighted by Gasteiger charge is 2.15. The molecular weight excluding hydrogens is 364 g/mol. The van der Waals surface area contributed by atoms with E-state index in [0.29, 0.717) is 6.54 Å². The average Bonchev–Trinajstić information content (AvgIpc) is 2.78. The van der Waals surface area contributed by atoms with Crippen LogP contribution in [-0.2, 0) is 9.53 Å². The highest BCUT2D eigenvalue weighted by Crippen LogP contribution is 2.21. The third-order valence-corrected chi connectivity index (χ3v) is 4.84. The van der Waals surface area contributed by atoms with Crippen LogP contribution in [0.3, 0.4) is 0 Å². The average molecular weight is 390 g/mol. The quantitative estimate of drug-likeness (QED) is 0.534. The van der Waals surface area contributed by atoms with E-state index in [-0.39, 0.29) is 17.5 Å². The first kappa shape index (κ1) is 20.6. The molecular formula is C23H26N4O2. The summed E-state index contributed by atoms with van der Waals surface area (Å²) in [6.45, 7) is 4.43. The van der Waals surface area contributed by atoms with Gasteiger partial charge in [0.1, 0.15) is 11.6 Å². The fourth-order valence-electron chi connectivity index (χ4n) is 3.24. The van der Waals surface area contributed by atoms with Gasteiger partial charge < -0.3 is 15.4 Å². The number of nitriles is 1. The van der Waals surface area contributed by atoms with Gasteiger partial charge >= 0.3 is 0 Å². The maximum absolute atomic E-state index is 12.4. The Balaban J connectivity index is 1.63. The largest absolute Gasteiger partial charge is 0.379 e. The molecule has 2 aromatic carbocycles. The van der Waals surface area contributed by atoms with Gasteiger partial charge in [0.15, 0.2) is 0 Å². The van der Waals surface area contributed by atoms with Crippen LogP contribution >= 0.6 is 0 Å². The van der Waals surface area contributed by atoms with Gasteiger partial charge in [0.2, 0.25) is 0 Å². The molecule has 0 spiro atoms. The third kappa shape index (κ3) is 6.18. The van der Waals surface area contributed by atoms with Gasteiger partial charge in [-0.2, -0.15) is 5.26 Å². The monoisotopic (exact) mass is 390 g/mol. The maximum Gasteiger partial charge on any atom is 0.263 e. The number of amides is 1. The van der Waals surface area contributed by atoms with Crippen LogP contribution in [0.4, 0.5) is 0 Å². The smallest absolute Gasteiger partial charge is 0.263 e. The standard InChI is InChI=1S/C23H26N4O2/c24-17-21(23(28)25-11-12-27-13-15-29-16-14-27)18-26-22(19-7-3-1-4-8-19)20-9-5-2-6-10-20/h1-10,18,22,26H,11-16H2,(H,25,28)/b21-18-. The summed E-state index contributed by atoms with van der Waals surface area (Å²) < 4.78 is 5.32. The van der Waals surface area contributed by atoms with Gasteiger partial charge in [-0.25, -0.2) is 0 Å². The molecule has 2 N–H and O–H groups in total. The molecule has 0 bridgehead atoms. The van der Waals surface area contributed by atoms with Gasteiger partial charge in [-0.15, -0.1) is 0 Å². The molecule has 1 aliphatic heterocycles. The van der Waals surface area contributed by atoms with Crippen molar-refractivity contribution < 1.29 is 9.53 Å². The second-order valence-corrected chi connectivity index (χ2v) is 6.80. The number of ether oxygens (including phenoxy) is 1. The lowest BCUT2D eigenvalue weighted by molar-refractivity contribution is -0.117. The van der Waals surface area contributed by atoms with Crippen molar-refractivity contribution in [3.8, 4) is 6.07 Å². The molecule has 6 nitrogen and oxygen atoms in total. The Morgan fingerprint density at radius 2 is 1.66 bits per heavy atom. The Labute approximate surface area is 171 Å². The van der Waals surface area contributed by atoms with E-state index in [4.69, 9.17) is 4.74 Å². The zero-order chi connectivity index (χ0) is 20.3. The molecule has 0 atom stereocenters. The van der Waals surface area contributed by atoms with E-state index in [9.17, 15) is 10.1 Å². The first-order valence-electron chi connectivity index (χ1n) is 9.82. The van der Waals surface area contributed by atoms with Crippen LogP contribution in [0.15, 0.2) is 72.4 Å². The first-order valence-corrected chi connectivity index (χ1v) is 9.82. The predicted molar refractivity (Wildman–Crippen MR) is 112 cm³/mol. The van der Waals surface area contributed by atoms with Crippen LogP contribution in [0.5, 0.6) is 0 Å². The third-order valence-electron chi connectivity index (χ3n) is 4.84. The fraction of sp³-hybridized carbons (Fsp3) is 0.304. The zero-order valence-electron chi connectivity index (χ0n) is 16.4. The molecule has 0 unspecified atom stereocenters. The van der Waals surface area contributed by atoms with E-state index in [1.165, 1.54) is 6.20 Å². The van der Waals surface area contributed by atoms with Gasteiger partial charge in [-0.1, -0.05) is 60.7 Å². The first-order chi connectivity index (χ1) is 14.3. The Bertz CT molecular complexity index is 801. The summed E-state index contributed by atoms with van der Waals surface area (Å²) >= 11 is 0. The summed E-state index contributed by atoms with van der Waals surface area (Å²) in [6.07, 6.45) is 1.51. The van der Waals surface area contributed by atoms with E-state index in [1.807, 2.05) is 66.7 Å². The van der Waals surface area contributed by atoms with Gasteiger partial charge in [-0.3, -0.25) is 9.69 Å². The topological polar surface area (TPSA) is 77.4 Å². The van der Waals surface area contributed by atoms with Gasteiger partial charge in [-0.05, 0) is 11.1 Å². The van der Waals surface area contributed by atoms with Crippen molar-refractivity contribution in [2.24, 2.45) is 0 Å². The van der Waals surface area contributed by atoms with Crippen LogP contribution in [0.25, 0.3) is 0 Å². The van der Waals surface area contributed by atoms with E-state index in [2.05, 4.69) is 15.5 Å². The lowest BCUT2D eigenvalue weighted by atomic mass is 9.99. The van der Waals surface area contributed by atoms with Crippen molar-refractivity contribution in [3.05, 3.63) is 83.6 Å². The van der Waals surface area contributed by atoms with E-state index < -0.39 is 0 Å². The second kappa shape index (κ2) is 11.0. The zero-order valence-corrected chi connectivity index (χ0v) is 16.4. The summed E-state index contributed by atoms with van der Waals surface area (Å²) in [5.74, 6) is -0.367. The van der Waals surface area contributed by atoms with Crippen molar-refractivity contribution >= 4 is 5.91 Å². The molecule has 1 heterocycles. The molecule has 29 heavy (non-hydrogen) atoms. The number of carbonyl (C=O) groups is 1. The molecule has 6 heteroatoms.